The van der Waals surface area contributed by atoms with Crippen molar-refractivity contribution >= 4 is 17.5 Å². The van der Waals surface area contributed by atoms with Crippen LogP contribution in [0.1, 0.15) is 21.6 Å². The Labute approximate surface area is 158 Å². The van der Waals surface area contributed by atoms with Crippen LogP contribution >= 0.6 is 11.6 Å². The maximum atomic E-state index is 11.8. The fourth-order valence-corrected chi connectivity index (χ4v) is 3.28. The van der Waals surface area contributed by atoms with E-state index in [2.05, 4.69) is 4.57 Å². The minimum absolute atomic E-state index is 0.427. The first kappa shape index (κ1) is 18.1. The fourth-order valence-electron chi connectivity index (χ4n) is 3.15. The fraction of sp³-hybridized carbons (Fsp3) is 0.190. The van der Waals surface area contributed by atoms with Gasteiger partial charge in [0.15, 0.2) is 0 Å². The molecular weight excluding hydrogens is 348 g/mol. The number of hydrogen-bond donors (Lipinski definition) is 1. The van der Waals surface area contributed by atoms with Crippen LogP contribution in [0.4, 0.5) is 0 Å². The number of nitrogens with zero attached hydrogens (tertiary/aromatic N) is 1. The van der Waals surface area contributed by atoms with Crippen molar-refractivity contribution in [2.45, 2.75) is 19.9 Å². The molecule has 1 heterocycles. The molecule has 3 rings (SSSR count). The number of nitrogens with two attached hydrogens (primary N) is 1. The number of amides is 1. The largest absolute Gasteiger partial charge is 0.496 e. The highest BCUT2D eigenvalue weighted by Crippen LogP contribution is 2.33. The van der Waals surface area contributed by atoms with Crippen molar-refractivity contribution < 1.29 is 9.53 Å². The van der Waals surface area contributed by atoms with Crippen LogP contribution in [-0.4, -0.2) is 17.6 Å². The topological polar surface area (TPSA) is 57.2 Å². The highest BCUT2D eigenvalue weighted by molar-refractivity contribution is 6.30. The van der Waals surface area contributed by atoms with Crippen LogP contribution in [-0.2, 0) is 13.0 Å². The average molecular weight is 369 g/mol. The van der Waals surface area contributed by atoms with Gasteiger partial charge in [0.1, 0.15) is 5.75 Å². The van der Waals surface area contributed by atoms with Crippen molar-refractivity contribution in [3.05, 3.63) is 76.4 Å². The zero-order valence-corrected chi connectivity index (χ0v) is 15.6. The van der Waals surface area contributed by atoms with Crippen molar-refractivity contribution in [2.24, 2.45) is 5.73 Å². The van der Waals surface area contributed by atoms with Gasteiger partial charge in [-0.3, -0.25) is 4.79 Å². The van der Waals surface area contributed by atoms with Crippen molar-refractivity contribution in [2.75, 3.05) is 7.11 Å². The Bertz CT molecular complexity index is 930. The van der Waals surface area contributed by atoms with Crippen LogP contribution in [0.3, 0.4) is 0 Å². The van der Waals surface area contributed by atoms with E-state index in [4.69, 9.17) is 22.1 Å². The Morgan fingerprint density at radius 3 is 2.50 bits per heavy atom. The Morgan fingerprint density at radius 1 is 1.15 bits per heavy atom. The Balaban J connectivity index is 2.02. The maximum absolute atomic E-state index is 11.8. The van der Waals surface area contributed by atoms with Crippen molar-refractivity contribution in [1.82, 2.24) is 4.57 Å². The molecule has 0 spiro atoms. The van der Waals surface area contributed by atoms with Crippen LogP contribution in [0.5, 0.6) is 5.75 Å². The number of para-hydroxylation sites is 1. The van der Waals surface area contributed by atoms with Crippen LogP contribution in [0.15, 0.2) is 54.6 Å². The van der Waals surface area contributed by atoms with Crippen LogP contribution in [0.25, 0.3) is 11.3 Å². The standard InChI is InChI=1S/C21H21ClN2O2/c1-14-18(21(23)25)13-19(17-5-3-4-6-20(17)26-2)24(14)12-11-15-7-9-16(22)10-8-15/h3-10,13H,11-12H2,1-2H3,(H2,23,25). The third kappa shape index (κ3) is 3.60. The van der Waals surface area contributed by atoms with E-state index in [0.29, 0.717) is 12.1 Å². The van der Waals surface area contributed by atoms with Gasteiger partial charge in [-0.2, -0.15) is 0 Å². The Hall–Kier alpha value is -2.72. The molecule has 0 bridgehead atoms. The Kier molecular flexibility index (Phi) is 5.33. The molecule has 134 valence electrons. The van der Waals surface area contributed by atoms with Crippen LogP contribution in [0.2, 0.25) is 5.02 Å². The first-order chi connectivity index (χ1) is 12.5. The normalized spacial score (nSPS) is 10.7. The predicted octanol–water partition coefficient (Wildman–Crippen LogP) is 4.47. The lowest BCUT2D eigenvalue weighted by molar-refractivity contribution is 0.0999. The van der Waals surface area contributed by atoms with E-state index in [1.807, 2.05) is 61.5 Å². The van der Waals surface area contributed by atoms with Gasteiger partial charge in [-0.25, -0.2) is 0 Å². The smallest absolute Gasteiger partial charge is 0.250 e. The lowest BCUT2D eigenvalue weighted by Gasteiger charge is -2.14. The second-order valence-corrected chi connectivity index (χ2v) is 6.56. The van der Waals surface area contributed by atoms with Crippen LogP contribution in [0, 0.1) is 6.92 Å². The molecular formula is C21H21ClN2O2. The van der Waals surface area contributed by atoms with Crippen LogP contribution < -0.4 is 10.5 Å². The highest BCUT2D eigenvalue weighted by Gasteiger charge is 2.18. The molecule has 0 fully saturated rings. The summed E-state index contributed by atoms with van der Waals surface area (Å²) in [5, 5.41) is 0.719. The van der Waals surface area contributed by atoms with E-state index in [0.717, 1.165) is 34.1 Å². The van der Waals surface area contributed by atoms with Gasteiger partial charge in [0.2, 0.25) is 0 Å². The number of aromatic nitrogens is 1. The number of aryl methyl sites for hydroxylation is 1. The van der Waals surface area contributed by atoms with E-state index >= 15 is 0 Å². The molecule has 2 aromatic carbocycles. The van der Waals surface area contributed by atoms with Crippen molar-refractivity contribution in [3.8, 4) is 17.0 Å². The summed E-state index contributed by atoms with van der Waals surface area (Å²) in [6, 6.07) is 17.4. The molecule has 5 heteroatoms. The molecule has 26 heavy (non-hydrogen) atoms. The predicted molar refractivity (Wildman–Crippen MR) is 105 cm³/mol. The molecule has 0 saturated heterocycles. The lowest BCUT2D eigenvalue weighted by atomic mass is 10.1. The summed E-state index contributed by atoms with van der Waals surface area (Å²) in [7, 11) is 1.64. The van der Waals surface area contributed by atoms with E-state index in [9.17, 15) is 4.79 Å². The van der Waals surface area contributed by atoms with Crippen molar-refractivity contribution in [3.63, 3.8) is 0 Å². The molecule has 0 aliphatic carbocycles. The van der Waals surface area contributed by atoms with Gasteiger partial charge in [0.05, 0.1) is 18.4 Å². The molecule has 0 saturated carbocycles. The number of rotatable bonds is 6. The number of ether oxygens (including phenoxy) is 1. The molecule has 2 N–H and O–H groups in total. The third-order valence-corrected chi connectivity index (χ3v) is 4.80. The first-order valence-electron chi connectivity index (χ1n) is 8.39. The zero-order chi connectivity index (χ0) is 18.7. The minimum atomic E-state index is -0.427. The molecule has 0 atom stereocenters. The third-order valence-electron chi connectivity index (χ3n) is 4.55. The van der Waals surface area contributed by atoms with E-state index in [1.54, 1.807) is 7.11 Å². The first-order valence-corrected chi connectivity index (χ1v) is 8.77. The molecule has 0 radical (unpaired) electrons. The summed E-state index contributed by atoms with van der Waals surface area (Å²) in [6.45, 7) is 2.63. The molecule has 1 amide bonds. The Morgan fingerprint density at radius 2 is 1.85 bits per heavy atom. The summed E-state index contributed by atoms with van der Waals surface area (Å²) >= 11 is 5.96. The monoisotopic (exact) mass is 368 g/mol. The van der Waals surface area contributed by atoms with Gasteiger partial charge in [0, 0.05) is 22.8 Å². The number of hydrogen-bond acceptors (Lipinski definition) is 2. The van der Waals surface area contributed by atoms with Gasteiger partial charge < -0.3 is 15.0 Å². The number of benzene rings is 2. The zero-order valence-electron chi connectivity index (χ0n) is 14.8. The number of methoxy groups -OCH3 is 1. The van der Waals surface area contributed by atoms with Gasteiger partial charge in [-0.15, -0.1) is 0 Å². The summed E-state index contributed by atoms with van der Waals surface area (Å²) < 4.78 is 7.61. The minimum Gasteiger partial charge on any atom is -0.496 e. The quantitative estimate of drug-likeness (QED) is 0.698. The van der Waals surface area contributed by atoms with Gasteiger partial charge in [-0.1, -0.05) is 35.9 Å². The maximum Gasteiger partial charge on any atom is 0.250 e. The number of carbonyl (C=O) groups excluding carboxylic acids is 1. The van der Waals surface area contributed by atoms with Gasteiger partial charge in [0.25, 0.3) is 5.91 Å². The molecule has 3 aromatic rings. The van der Waals surface area contributed by atoms with Crippen molar-refractivity contribution in [1.29, 1.82) is 0 Å². The van der Waals surface area contributed by atoms with Gasteiger partial charge >= 0.3 is 0 Å². The molecule has 0 aliphatic rings. The molecule has 4 nitrogen and oxygen atoms in total. The second kappa shape index (κ2) is 7.67. The molecule has 0 aliphatic heterocycles. The SMILES string of the molecule is COc1ccccc1-c1cc(C(N)=O)c(C)n1CCc1ccc(Cl)cc1. The van der Waals surface area contributed by atoms with Gasteiger partial charge in [-0.05, 0) is 49.2 Å². The average Bonchev–Trinajstić information content (AvgIpc) is 2.98. The summed E-state index contributed by atoms with van der Waals surface area (Å²) in [5.74, 6) is 0.331. The molecule has 1 aromatic heterocycles. The summed E-state index contributed by atoms with van der Waals surface area (Å²) in [6.07, 6.45) is 0.813. The second-order valence-electron chi connectivity index (χ2n) is 6.12. The number of primary amides is 1. The number of halogens is 1. The lowest BCUT2D eigenvalue weighted by Crippen LogP contribution is -2.13. The number of carbonyl (C=O) groups is 1. The summed E-state index contributed by atoms with van der Waals surface area (Å²) in [5.41, 5.74) is 9.98. The van der Waals surface area contributed by atoms with E-state index < -0.39 is 5.91 Å². The van der Waals surface area contributed by atoms with E-state index in [1.165, 1.54) is 5.56 Å². The molecule has 0 unspecified atom stereocenters. The highest BCUT2D eigenvalue weighted by atomic mass is 35.5. The van der Waals surface area contributed by atoms with E-state index in [-0.39, 0.29) is 0 Å². The summed E-state index contributed by atoms with van der Waals surface area (Å²) in [4.78, 5) is 11.8.